The van der Waals surface area contributed by atoms with E-state index in [1.165, 1.54) is 0 Å². The molecule has 1 aromatic rings. The monoisotopic (exact) mass is 378 g/mol. The van der Waals surface area contributed by atoms with E-state index in [1.807, 2.05) is 24.3 Å². The van der Waals surface area contributed by atoms with Gasteiger partial charge >= 0.3 is 6.03 Å². The molecule has 1 saturated heterocycles. The predicted molar refractivity (Wildman–Crippen MR) is 108 cm³/mol. The zero-order valence-electron chi connectivity index (χ0n) is 17.3. The third-order valence-electron chi connectivity index (χ3n) is 5.11. The van der Waals surface area contributed by atoms with Gasteiger partial charge in [0, 0.05) is 51.4 Å². The molecule has 1 aliphatic heterocycles. The van der Waals surface area contributed by atoms with Crippen LogP contribution in [0, 0.1) is 0 Å². The van der Waals surface area contributed by atoms with Gasteiger partial charge in [0.2, 0.25) is 0 Å². The zero-order chi connectivity index (χ0) is 19.9. The Morgan fingerprint density at radius 3 is 2.56 bits per heavy atom. The van der Waals surface area contributed by atoms with Gasteiger partial charge in [-0.1, -0.05) is 6.07 Å². The van der Waals surface area contributed by atoms with Crippen molar-refractivity contribution in [1.82, 2.24) is 20.0 Å². The molecule has 1 aromatic carbocycles. The van der Waals surface area contributed by atoms with Crippen molar-refractivity contribution in [3.8, 4) is 11.5 Å². The van der Waals surface area contributed by atoms with Crippen LogP contribution in [0.15, 0.2) is 24.3 Å². The third-order valence-corrected chi connectivity index (χ3v) is 5.11. The van der Waals surface area contributed by atoms with E-state index in [0.717, 1.165) is 37.7 Å². The summed E-state index contributed by atoms with van der Waals surface area (Å²) in [6.45, 7) is 10.1. The molecular weight excluding hydrogens is 344 g/mol. The second-order valence-corrected chi connectivity index (χ2v) is 7.71. The highest BCUT2D eigenvalue weighted by atomic mass is 16.5. The van der Waals surface area contributed by atoms with Crippen LogP contribution in [-0.2, 0) is 0 Å². The maximum Gasteiger partial charge on any atom is 0.317 e. The summed E-state index contributed by atoms with van der Waals surface area (Å²) in [7, 11) is 5.56. The fourth-order valence-electron chi connectivity index (χ4n) is 3.04. The molecule has 1 aliphatic rings. The van der Waals surface area contributed by atoms with Crippen molar-refractivity contribution in [2.24, 2.45) is 0 Å². The van der Waals surface area contributed by atoms with Crippen molar-refractivity contribution in [1.29, 1.82) is 0 Å². The first-order chi connectivity index (χ1) is 12.8. The van der Waals surface area contributed by atoms with E-state index >= 15 is 0 Å². The van der Waals surface area contributed by atoms with Gasteiger partial charge in [-0.25, -0.2) is 4.79 Å². The number of nitrogens with one attached hydrogen (secondary N) is 1. The quantitative estimate of drug-likeness (QED) is 0.747. The molecular formula is C20H34N4O3. The van der Waals surface area contributed by atoms with Gasteiger partial charge in [0.15, 0.2) is 0 Å². The Kier molecular flexibility index (Phi) is 7.74. The summed E-state index contributed by atoms with van der Waals surface area (Å²) < 4.78 is 10.9. The van der Waals surface area contributed by atoms with Crippen molar-refractivity contribution in [3.63, 3.8) is 0 Å². The summed E-state index contributed by atoms with van der Waals surface area (Å²) in [5.74, 6) is 1.49. The van der Waals surface area contributed by atoms with Crippen molar-refractivity contribution >= 4 is 6.03 Å². The zero-order valence-corrected chi connectivity index (χ0v) is 17.3. The normalized spacial score (nSPS) is 16.0. The second-order valence-electron chi connectivity index (χ2n) is 7.71. The highest BCUT2D eigenvalue weighted by Crippen LogP contribution is 2.19. The average molecular weight is 379 g/mol. The van der Waals surface area contributed by atoms with Crippen molar-refractivity contribution < 1.29 is 14.3 Å². The lowest BCUT2D eigenvalue weighted by molar-refractivity contribution is 0.0624. The maximum absolute atomic E-state index is 12.4. The number of carbonyl (C=O) groups is 1. The molecule has 1 N–H and O–H groups in total. The molecule has 1 fully saturated rings. The molecule has 2 rings (SSSR count). The van der Waals surface area contributed by atoms with E-state index in [1.54, 1.807) is 19.1 Å². The molecule has 1 heterocycles. The lowest BCUT2D eigenvalue weighted by Gasteiger charge is -2.43. The van der Waals surface area contributed by atoms with Crippen LogP contribution in [0.4, 0.5) is 4.79 Å². The van der Waals surface area contributed by atoms with Crippen LogP contribution < -0.4 is 14.8 Å². The highest BCUT2D eigenvalue weighted by molar-refractivity contribution is 5.73. The molecule has 0 saturated carbocycles. The summed E-state index contributed by atoms with van der Waals surface area (Å²) in [6.07, 6.45) is 0. The molecule has 0 aliphatic carbocycles. The summed E-state index contributed by atoms with van der Waals surface area (Å²) in [6, 6.07) is 7.38. The van der Waals surface area contributed by atoms with Gasteiger partial charge in [-0.15, -0.1) is 0 Å². The number of piperazine rings is 1. The summed E-state index contributed by atoms with van der Waals surface area (Å²) in [5, 5.41) is 3.05. The molecule has 0 unspecified atom stereocenters. The molecule has 7 heteroatoms. The molecule has 0 aromatic heterocycles. The summed E-state index contributed by atoms with van der Waals surface area (Å²) in [5.41, 5.74) is -0.0607. The minimum Gasteiger partial charge on any atom is -0.497 e. The lowest BCUT2D eigenvalue weighted by atomic mass is 10.0. The minimum absolute atomic E-state index is 0.0607. The van der Waals surface area contributed by atoms with E-state index in [9.17, 15) is 4.79 Å². The fourth-order valence-corrected chi connectivity index (χ4v) is 3.04. The van der Waals surface area contributed by atoms with Gasteiger partial charge in [-0.05, 0) is 33.0 Å². The van der Waals surface area contributed by atoms with E-state index < -0.39 is 0 Å². The van der Waals surface area contributed by atoms with Crippen molar-refractivity contribution in [2.75, 3.05) is 67.1 Å². The standard InChI is InChI=1S/C20H34N4O3/c1-20(2,24-11-9-22(3)10-12-24)16-21-19(25)23(4)13-14-27-18-8-6-7-17(15-18)26-5/h6-8,15H,9-14,16H2,1-5H3,(H,21,25). The van der Waals surface area contributed by atoms with Crippen molar-refractivity contribution in [3.05, 3.63) is 24.3 Å². The number of rotatable bonds is 8. The van der Waals surface area contributed by atoms with Crippen LogP contribution >= 0.6 is 0 Å². The van der Waals surface area contributed by atoms with Crippen LogP contribution in [0.3, 0.4) is 0 Å². The maximum atomic E-state index is 12.4. The molecule has 0 radical (unpaired) electrons. The van der Waals surface area contributed by atoms with Crippen LogP contribution in [0.5, 0.6) is 11.5 Å². The van der Waals surface area contributed by atoms with Gasteiger partial charge in [-0.2, -0.15) is 0 Å². The smallest absolute Gasteiger partial charge is 0.317 e. The number of hydrogen-bond acceptors (Lipinski definition) is 5. The molecule has 27 heavy (non-hydrogen) atoms. The Balaban J connectivity index is 1.71. The van der Waals surface area contributed by atoms with Crippen LogP contribution in [-0.4, -0.2) is 93.4 Å². The number of methoxy groups -OCH3 is 1. The van der Waals surface area contributed by atoms with E-state index in [2.05, 4.69) is 36.0 Å². The highest BCUT2D eigenvalue weighted by Gasteiger charge is 2.29. The molecule has 0 spiro atoms. The van der Waals surface area contributed by atoms with Crippen LogP contribution in [0.1, 0.15) is 13.8 Å². The first kappa shape index (κ1) is 21.3. The Hall–Kier alpha value is -1.99. The van der Waals surface area contributed by atoms with Gasteiger partial charge in [-0.3, -0.25) is 4.90 Å². The Labute approximate surface area is 163 Å². The molecule has 0 atom stereocenters. The van der Waals surface area contributed by atoms with Gasteiger partial charge in [0.05, 0.1) is 13.7 Å². The van der Waals surface area contributed by atoms with E-state index in [-0.39, 0.29) is 11.6 Å². The van der Waals surface area contributed by atoms with Crippen LogP contribution in [0.2, 0.25) is 0 Å². The number of urea groups is 1. The Bertz CT molecular complexity index is 601. The second kappa shape index (κ2) is 9.80. The lowest BCUT2D eigenvalue weighted by Crippen LogP contribution is -2.58. The average Bonchev–Trinajstić information content (AvgIpc) is 2.66. The molecule has 2 amide bonds. The number of likely N-dealkylation sites (N-methyl/N-ethyl adjacent to an activating group) is 2. The number of carbonyl (C=O) groups excluding carboxylic acids is 1. The number of ether oxygens (including phenoxy) is 2. The number of benzene rings is 1. The fraction of sp³-hybridized carbons (Fsp3) is 0.650. The topological polar surface area (TPSA) is 57.3 Å². The molecule has 152 valence electrons. The molecule has 7 nitrogen and oxygen atoms in total. The Morgan fingerprint density at radius 2 is 1.89 bits per heavy atom. The van der Waals surface area contributed by atoms with Gasteiger partial charge in [0.25, 0.3) is 0 Å². The predicted octanol–water partition coefficient (Wildman–Crippen LogP) is 1.74. The first-order valence-electron chi connectivity index (χ1n) is 9.51. The van der Waals surface area contributed by atoms with Gasteiger partial charge in [0.1, 0.15) is 18.1 Å². The van der Waals surface area contributed by atoms with Crippen LogP contribution in [0.25, 0.3) is 0 Å². The SMILES string of the molecule is COc1cccc(OCCN(C)C(=O)NCC(C)(C)N2CCN(C)CC2)c1. The third kappa shape index (κ3) is 6.59. The number of nitrogens with zero attached hydrogens (tertiary/aromatic N) is 3. The van der Waals surface area contributed by atoms with Crippen molar-refractivity contribution in [2.45, 2.75) is 19.4 Å². The summed E-state index contributed by atoms with van der Waals surface area (Å²) in [4.78, 5) is 18.8. The Morgan fingerprint density at radius 1 is 1.22 bits per heavy atom. The molecule has 0 bridgehead atoms. The van der Waals surface area contributed by atoms with E-state index in [4.69, 9.17) is 9.47 Å². The summed E-state index contributed by atoms with van der Waals surface area (Å²) >= 11 is 0. The number of hydrogen-bond donors (Lipinski definition) is 1. The number of amides is 2. The van der Waals surface area contributed by atoms with Gasteiger partial charge < -0.3 is 24.6 Å². The first-order valence-corrected chi connectivity index (χ1v) is 9.51. The largest absolute Gasteiger partial charge is 0.497 e. The minimum atomic E-state index is -0.0774. The van der Waals surface area contributed by atoms with E-state index in [0.29, 0.717) is 19.7 Å².